The molecule has 0 fully saturated rings. The number of para-hydroxylation sites is 4. The summed E-state index contributed by atoms with van der Waals surface area (Å²) in [4.78, 5) is 2.35. The molecule has 2 aliphatic rings. The molecular formula is C61H38N2O. The first-order valence-corrected chi connectivity index (χ1v) is 22.1. The molecule has 0 amide bonds. The highest BCUT2D eigenvalue weighted by molar-refractivity contribution is 6.13. The number of hydrogen-bond acceptors (Lipinski definition) is 2. The minimum absolute atomic E-state index is 0.499. The van der Waals surface area contributed by atoms with E-state index in [4.69, 9.17) is 4.42 Å². The number of fused-ring (bicyclic) bond motifs is 15. The highest BCUT2D eigenvalue weighted by Gasteiger charge is 2.50. The zero-order valence-electron chi connectivity index (χ0n) is 34.7. The largest absolute Gasteiger partial charge is 0.456 e. The lowest BCUT2D eigenvalue weighted by Crippen LogP contribution is -2.33. The second-order valence-corrected chi connectivity index (χ2v) is 17.2. The molecule has 3 heteroatoms. The molecular weight excluding hydrogens is 777 g/mol. The van der Waals surface area contributed by atoms with Gasteiger partial charge in [0.2, 0.25) is 0 Å². The van der Waals surface area contributed by atoms with Gasteiger partial charge in [-0.1, -0.05) is 164 Å². The smallest absolute Gasteiger partial charge is 0.135 e. The fourth-order valence-corrected chi connectivity index (χ4v) is 11.3. The first-order chi connectivity index (χ1) is 31.7. The maximum Gasteiger partial charge on any atom is 0.135 e. The molecule has 1 unspecified atom stereocenters. The molecule has 1 aliphatic carbocycles. The summed E-state index contributed by atoms with van der Waals surface area (Å²) < 4.78 is 8.78. The van der Waals surface area contributed by atoms with Gasteiger partial charge in [-0.25, -0.2) is 0 Å². The lowest BCUT2D eigenvalue weighted by Gasteiger charge is -2.39. The molecule has 2 aromatic heterocycles. The van der Waals surface area contributed by atoms with E-state index in [2.05, 4.69) is 228 Å². The highest BCUT2D eigenvalue weighted by Crippen LogP contribution is 2.61. The summed E-state index contributed by atoms with van der Waals surface area (Å²) in [6.07, 6.45) is 0. The van der Waals surface area contributed by atoms with E-state index >= 15 is 0 Å². The molecule has 1 spiro atoms. The van der Waals surface area contributed by atoms with E-state index in [9.17, 15) is 0 Å². The SMILES string of the molecule is c1ccc(-c2ccc(N(c3ccc(-c4ccc5c(c4)C4(c6ccccc6-5)c5ccccc5-n5c6ccccc6c6cccc4c65)cc3)c3ccc4oc5ccccc5c4c3)cc2)cc1. The van der Waals surface area contributed by atoms with Gasteiger partial charge in [0.05, 0.1) is 22.1 Å². The number of hydrogen-bond donors (Lipinski definition) is 0. The first kappa shape index (κ1) is 35.2. The Morgan fingerprint density at radius 2 is 0.922 bits per heavy atom. The van der Waals surface area contributed by atoms with Gasteiger partial charge in [-0.3, -0.25) is 0 Å². The molecule has 0 saturated heterocycles. The van der Waals surface area contributed by atoms with Gasteiger partial charge in [0.25, 0.3) is 0 Å². The van der Waals surface area contributed by atoms with Gasteiger partial charge in [0.15, 0.2) is 0 Å². The zero-order valence-corrected chi connectivity index (χ0v) is 34.7. The van der Waals surface area contributed by atoms with Crippen molar-refractivity contribution < 1.29 is 4.42 Å². The Bertz CT molecular complexity index is 3840. The maximum absolute atomic E-state index is 6.27. The quantitative estimate of drug-likeness (QED) is 0.173. The van der Waals surface area contributed by atoms with Crippen molar-refractivity contribution in [2.45, 2.75) is 5.41 Å². The van der Waals surface area contributed by atoms with Gasteiger partial charge in [0, 0.05) is 38.6 Å². The van der Waals surface area contributed by atoms with Crippen LogP contribution in [0.4, 0.5) is 17.1 Å². The second-order valence-electron chi connectivity index (χ2n) is 17.2. The topological polar surface area (TPSA) is 21.3 Å². The average molecular weight is 815 g/mol. The Labute approximate surface area is 370 Å². The monoisotopic (exact) mass is 814 g/mol. The first-order valence-electron chi connectivity index (χ1n) is 22.1. The summed E-state index contributed by atoms with van der Waals surface area (Å²) in [5.74, 6) is 0. The summed E-state index contributed by atoms with van der Waals surface area (Å²) in [6, 6.07) is 84.6. The van der Waals surface area contributed by atoms with Crippen molar-refractivity contribution in [3.05, 3.63) is 253 Å². The maximum atomic E-state index is 6.27. The van der Waals surface area contributed by atoms with Crippen molar-refractivity contribution in [2.24, 2.45) is 0 Å². The summed E-state index contributed by atoms with van der Waals surface area (Å²) in [6.45, 7) is 0. The molecule has 3 nitrogen and oxygen atoms in total. The molecule has 3 heterocycles. The molecule has 12 aromatic rings. The molecule has 0 bridgehead atoms. The van der Waals surface area contributed by atoms with Crippen molar-refractivity contribution in [3.8, 4) is 39.1 Å². The Kier molecular flexibility index (Phi) is 7.32. The van der Waals surface area contributed by atoms with Crippen molar-refractivity contribution >= 4 is 60.8 Å². The summed E-state index contributed by atoms with van der Waals surface area (Å²) in [5, 5.41) is 4.79. The lowest BCUT2D eigenvalue weighted by atomic mass is 9.65. The predicted octanol–water partition coefficient (Wildman–Crippen LogP) is 16.2. The molecule has 10 aromatic carbocycles. The van der Waals surface area contributed by atoms with E-state index in [1.54, 1.807) is 0 Å². The molecule has 0 N–H and O–H groups in total. The van der Waals surface area contributed by atoms with Crippen molar-refractivity contribution in [1.82, 2.24) is 4.57 Å². The van der Waals surface area contributed by atoms with Gasteiger partial charge >= 0.3 is 0 Å². The van der Waals surface area contributed by atoms with E-state index in [0.29, 0.717) is 0 Å². The van der Waals surface area contributed by atoms with Gasteiger partial charge in [0.1, 0.15) is 11.2 Å². The Balaban J connectivity index is 0.933. The van der Waals surface area contributed by atoms with E-state index < -0.39 is 5.41 Å². The van der Waals surface area contributed by atoms with E-state index in [1.165, 1.54) is 83.1 Å². The van der Waals surface area contributed by atoms with E-state index in [0.717, 1.165) is 39.0 Å². The van der Waals surface area contributed by atoms with Crippen LogP contribution in [0.1, 0.15) is 22.3 Å². The predicted molar refractivity (Wildman–Crippen MR) is 264 cm³/mol. The molecule has 0 saturated carbocycles. The third-order valence-corrected chi connectivity index (χ3v) is 14.0. The third kappa shape index (κ3) is 4.81. The minimum atomic E-state index is -0.499. The van der Waals surface area contributed by atoms with Crippen LogP contribution in [-0.4, -0.2) is 4.57 Å². The van der Waals surface area contributed by atoms with Gasteiger partial charge in [-0.15, -0.1) is 0 Å². The molecule has 14 rings (SSSR count). The Morgan fingerprint density at radius 1 is 0.344 bits per heavy atom. The zero-order chi connectivity index (χ0) is 41.9. The van der Waals surface area contributed by atoms with Crippen LogP contribution in [0.25, 0.3) is 82.8 Å². The Morgan fingerprint density at radius 3 is 1.75 bits per heavy atom. The second kappa shape index (κ2) is 13.3. The fourth-order valence-electron chi connectivity index (χ4n) is 11.3. The fraction of sp³-hybridized carbons (Fsp3) is 0.0164. The normalized spacial score (nSPS) is 14.6. The van der Waals surface area contributed by atoms with Crippen LogP contribution in [0.3, 0.4) is 0 Å². The number of aromatic nitrogens is 1. The van der Waals surface area contributed by atoms with Crippen LogP contribution >= 0.6 is 0 Å². The molecule has 64 heavy (non-hydrogen) atoms. The molecule has 0 radical (unpaired) electrons. The van der Waals surface area contributed by atoms with Crippen molar-refractivity contribution in [3.63, 3.8) is 0 Å². The van der Waals surface area contributed by atoms with Gasteiger partial charge in [-0.2, -0.15) is 0 Å². The highest BCUT2D eigenvalue weighted by atomic mass is 16.3. The third-order valence-electron chi connectivity index (χ3n) is 14.0. The van der Waals surface area contributed by atoms with Crippen LogP contribution in [0.15, 0.2) is 235 Å². The number of rotatable bonds is 5. The van der Waals surface area contributed by atoms with Crippen LogP contribution in [0.2, 0.25) is 0 Å². The van der Waals surface area contributed by atoms with Gasteiger partial charge in [-0.05, 0) is 122 Å². The van der Waals surface area contributed by atoms with Crippen LogP contribution < -0.4 is 4.90 Å². The number of benzene rings is 10. The van der Waals surface area contributed by atoms with E-state index in [1.807, 2.05) is 12.1 Å². The summed E-state index contributed by atoms with van der Waals surface area (Å²) in [7, 11) is 0. The molecule has 1 atom stereocenters. The summed E-state index contributed by atoms with van der Waals surface area (Å²) in [5.41, 5.74) is 20.9. The van der Waals surface area contributed by atoms with Crippen LogP contribution in [0.5, 0.6) is 0 Å². The molecule has 1 aliphatic heterocycles. The summed E-state index contributed by atoms with van der Waals surface area (Å²) >= 11 is 0. The van der Waals surface area contributed by atoms with Crippen LogP contribution in [0, 0.1) is 0 Å². The van der Waals surface area contributed by atoms with Crippen molar-refractivity contribution in [1.29, 1.82) is 0 Å². The molecule has 298 valence electrons. The average Bonchev–Trinajstić information content (AvgIpc) is 4.01. The lowest BCUT2D eigenvalue weighted by molar-refractivity contribution is 0.669. The van der Waals surface area contributed by atoms with E-state index in [-0.39, 0.29) is 0 Å². The Hall–Kier alpha value is -8.40. The van der Waals surface area contributed by atoms with Gasteiger partial charge < -0.3 is 13.9 Å². The number of anilines is 3. The van der Waals surface area contributed by atoms with Crippen molar-refractivity contribution in [2.75, 3.05) is 4.90 Å². The number of nitrogens with zero attached hydrogens (tertiary/aromatic N) is 2. The standard InChI is InChI=1S/C61H38N2O/c1-2-13-39(14-3-1)40-25-30-43(31-26-40)62(45-34-36-59-51(38-45)49-17-6-11-24-58(49)64-59)44-32-27-41(28-33-44)42-29-35-47-46-15-4-7-19-52(46)61(55(47)37-42)53-20-8-10-23-57(53)63-56-22-9-5-16-48(56)50-18-12-21-54(61)60(50)63/h1-38H. The van der Waals surface area contributed by atoms with Crippen LogP contribution in [-0.2, 0) is 5.41 Å². The minimum Gasteiger partial charge on any atom is -0.456 e. The number of furan rings is 1.